The molecule has 8 nitrogen and oxygen atoms in total. The Bertz CT molecular complexity index is 1230. The number of hydrogen-bond acceptors (Lipinski definition) is 7. The van der Waals surface area contributed by atoms with Crippen LogP contribution in [0.25, 0.3) is 10.4 Å². The van der Waals surface area contributed by atoms with Gasteiger partial charge >= 0.3 is 5.97 Å². The molecule has 3 rings (SSSR count). The van der Waals surface area contributed by atoms with Crippen LogP contribution in [0.1, 0.15) is 43.0 Å². The molecule has 2 amide bonds. The zero-order valence-electron chi connectivity index (χ0n) is 17.6. The van der Waals surface area contributed by atoms with Crippen LogP contribution in [-0.4, -0.2) is 40.3 Å². The molecular weight excluding hydrogens is 450 g/mol. The number of amides is 2. The largest absolute Gasteiger partial charge is 0.506 e. The number of aliphatic carboxylic acids is 1. The summed E-state index contributed by atoms with van der Waals surface area (Å²) in [7, 11) is 0. The number of rotatable bonds is 7. The first-order valence-electron chi connectivity index (χ1n) is 9.50. The van der Waals surface area contributed by atoms with Gasteiger partial charge in [0.05, 0.1) is 25.9 Å². The third kappa shape index (κ3) is 5.21. The van der Waals surface area contributed by atoms with Crippen molar-refractivity contribution in [2.75, 3.05) is 6.54 Å². The Morgan fingerprint density at radius 1 is 1.03 bits per heavy atom. The number of nitrogens with one attached hydrogen (secondary N) is 2. The quantitative estimate of drug-likeness (QED) is 0.308. The molecule has 0 bridgehead atoms. The molecule has 10 heteroatoms. The summed E-state index contributed by atoms with van der Waals surface area (Å²) < 4.78 is 0. The molecule has 0 aliphatic rings. The van der Waals surface area contributed by atoms with Crippen molar-refractivity contribution in [2.24, 2.45) is 5.10 Å². The molecule has 0 radical (unpaired) electrons. The molecule has 0 aliphatic carbocycles. The molecule has 0 atom stereocenters. The van der Waals surface area contributed by atoms with Crippen molar-refractivity contribution in [3.8, 4) is 16.2 Å². The second-order valence-corrected chi connectivity index (χ2v) is 8.97. The van der Waals surface area contributed by atoms with Crippen molar-refractivity contribution in [1.29, 1.82) is 0 Å². The third-order valence-corrected chi connectivity index (χ3v) is 6.80. The number of carboxylic acid groups (broad SMARTS) is 1. The van der Waals surface area contributed by atoms with Gasteiger partial charge in [-0.05, 0) is 49.6 Å². The maximum Gasteiger partial charge on any atom is 0.322 e. The smallest absolute Gasteiger partial charge is 0.322 e. The van der Waals surface area contributed by atoms with Gasteiger partial charge < -0.3 is 15.5 Å². The van der Waals surface area contributed by atoms with Gasteiger partial charge in [-0.15, -0.1) is 22.7 Å². The van der Waals surface area contributed by atoms with Crippen LogP contribution in [0, 0.1) is 13.8 Å². The Balaban J connectivity index is 1.70. The topological polar surface area (TPSA) is 128 Å². The number of aryl methyl sites for hydroxylation is 2. The monoisotopic (exact) mass is 471 g/mol. The average molecular weight is 472 g/mol. The minimum absolute atomic E-state index is 0.0993. The number of benzene rings is 1. The summed E-state index contributed by atoms with van der Waals surface area (Å²) in [6.45, 7) is 5.21. The summed E-state index contributed by atoms with van der Waals surface area (Å²) in [6, 6.07) is 8.86. The fraction of sp³-hybridized carbons (Fsp3) is 0.182. The summed E-state index contributed by atoms with van der Waals surface area (Å²) in [5.74, 6) is -2.15. The van der Waals surface area contributed by atoms with E-state index in [1.165, 1.54) is 29.0 Å². The van der Waals surface area contributed by atoms with Crippen molar-refractivity contribution in [2.45, 2.75) is 20.8 Å². The van der Waals surface area contributed by atoms with Gasteiger partial charge in [0.15, 0.2) is 0 Å². The fourth-order valence-corrected chi connectivity index (χ4v) is 4.59. The van der Waals surface area contributed by atoms with Gasteiger partial charge in [0.2, 0.25) is 0 Å². The van der Waals surface area contributed by atoms with E-state index >= 15 is 0 Å². The van der Waals surface area contributed by atoms with Crippen molar-refractivity contribution in [3.05, 3.63) is 62.2 Å². The van der Waals surface area contributed by atoms with Crippen molar-refractivity contribution >= 4 is 46.2 Å². The molecular formula is C22H21N3O5S2. The Labute approximate surface area is 192 Å². The van der Waals surface area contributed by atoms with Crippen LogP contribution < -0.4 is 10.7 Å². The molecule has 32 heavy (non-hydrogen) atoms. The lowest BCUT2D eigenvalue weighted by Gasteiger charge is -2.05. The van der Waals surface area contributed by atoms with Crippen LogP contribution in [0.2, 0.25) is 0 Å². The predicted octanol–water partition coefficient (Wildman–Crippen LogP) is 3.77. The average Bonchev–Trinajstić information content (AvgIpc) is 3.39. The van der Waals surface area contributed by atoms with Gasteiger partial charge in [0, 0.05) is 5.38 Å². The zero-order chi connectivity index (χ0) is 23.4. The van der Waals surface area contributed by atoms with Crippen LogP contribution in [0.4, 0.5) is 0 Å². The van der Waals surface area contributed by atoms with Gasteiger partial charge in [-0.2, -0.15) is 5.10 Å². The highest BCUT2D eigenvalue weighted by molar-refractivity contribution is 7.16. The maximum atomic E-state index is 12.4. The molecule has 2 aromatic heterocycles. The van der Waals surface area contributed by atoms with Crippen molar-refractivity contribution in [1.82, 2.24) is 10.7 Å². The van der Waals surface area contributed by atoms with E-state index in [0.29, 0.717) is 11.3 Å². The standard InChI is InChI=1S/C22H21N3O5S2/c1-11-4-5-14(8-12(11)2)20-19(28)15(10-31-20)13(3)24-25-22(30)17-7-6-16(32-17)21(29)23-9-18(26)27/h4-8,10,28H,9H2,1-3H3,(H,23,29)(H,25,30)(H,26,27). The van der Waals surface area contributed by atoms with Gasteiger partial charge in [-0.3, -0.25) is 14.4 Å². The number of thiophene rings is 2. The van der Waals surface area contributed by atoms with E-state index in [2.05, 4.69) is 15.8 Å². The number of aromatic hydroxyl groups is 1. The highest BCUT2D eigenvalue weighted by Gasteiger charge is 2.17. The van der Waals surface area contributed by atoms with E-state index in [-0.39, 0.29) is 15.5 Å². The molecule has 0 saturated heterocycles. The van der Waals surface area contributed by atoms with Gasteiger partial charge in [0.25, 0.3) is 11.8 Å². The highest BCUT2D eigenvalue weighted by Crippen LogP contribution is 2.39. The maximum absolute atomic E-state index is 12.4. The zero-order valence-corrected chi connectivity index (χ0v) is 19.2. The van der Waals surface area contributed by atoms with E-state index in [1.54, 1.807) is 12.3 Å². The SMILES string of the molecule is CC(=NNC(=O)c1ccc(C(=O)NCC(=O)O)s1)c1csc(-c2ccc(C)c(C)c2)c1O. The van der Waals surface area contributed by atoms with E-state index in [1.807, 2.05) is 32.0 Å². The lowest BCUT2D eigenvalue weighted by molar-refractivity contribution is -0.135. The Morgan fingerprint density at radius 3 is 2.38 bits per heavy atom. The summed E-state index contributed by atoms with van der Waals surface area (Å²) in [4.78, 5) is 36.0. The molecule has 0 spiro atoms. The summed E-state index contributed by atoms with van der Waals surface area (Å²) in [5, 5.41) is 27.4. The first-order chi connectivity index (χ1) is 15.2. The number of carboxylic acids is 1. The van der Waals surface area contributed by atoms with Crippen LogP contribution >= 0.6 is 22.7 Å². The number of hydrogen-bond donors (Lipinski definition) is 4. The van der Waals surface area contributed by atoms with E-state index in [0.717, 1.165) is 27.3 Å². The first-order valence-corrected chi connectivity index (χ1v) is 11.2. The number of hydrazone groups is 1. The first kappa shape index (κ1) is 23.2. The molecule has 0 unspecified atom stereocenters. The summed E-state index contributed by atoms with van der Waals surface area (Å²) in [5.41, 5.74) is 6.57. The predicted molar refractivity (Wildman–Crippen MR) is 125 cm³/mol. The Morgan fingerprint density at radius 2 is 1.72 bits per heavy atom. The number of carbonyl (C=O) groups excluding carboxylic acids is 2. The molecule has 4 N–H and O–H groups in total. The van der Waals surface area contributed by atoms with Crippen LogP contribution in [-0.2, 0) is 4.79 Å². The van der Waals surface area contributed by atoms with E-state index in [4.69, 9.17) is 5.11 Å². The molecule has 166 valence electrons. The second-order valence-electron chi connectivity index (χ2n) is 7.00. The molecule has 3 aromatic rings. The second kappa shape index (κ2) is 9.75. The number of nitrogens with zero attached hydrogens (tertiary/aromatic N) is 1. The van der Waals surface area contributed by atoms with Gasteiger partial charge in [-0.1, -0.05) is 18.2 Å². The molecule has 0 aliphatic heterocycles. The molecule has 0 saturated carbocycles. The summed E-state index contributed by atoms with van der Waals surface area (Å²) in [6.07, 6.45) is 0. The minimum atomic E-state index is -1.16. The van der Waals surface area contributed by atoms with Gasteiger partial charge in [-0.25, -0.2) is 5.43 Å². The minimum Gasteiger partial charge on any atom is -0.506 e. The Hall–Kier alpha value is -3.50. The summed E-state index contributed by atoms with van der Waals surface area (Å²) >= 11 is 2.31. The third-order valence-electron chi connectivity index (χ3n) is 4.70. The van der Waals surface area contributed by atoms with E-state index in [9.17, 15) is 19.5 Å². The lowest BCUT2D eigenvalue weighted by Crippen LogP contribution is -2.28. The molecule has 1 aromatic carbocycles. The fourth-order valence-electron chi connectivity index (χ4n) is 2.77. The highest BCUT2D eigenvalue weighted by atomic mass is 32.1. The molecule has 0 fully saturated rings. The van der Waals surface area contributed by atoms with Crippen molar-refractivity contribution in [3.63, 3.8) is 0 Å². The van der Waals surface area contributed by atoms with Crippen LogP contribution in [0.15, 0.2) is 40.8 Å². The normalized spacial score (nSPS) is 11.3. The van der Waals surface area contributed by atoms with Crippen molar-refractivity contribution < 1.29 is 24.6 Å². The van der Waals surface area contributed by atoms with E-state index < -0.39 is 24.3 Å². The van der Waals surface area contributed by atoms with Gasteiger partial charge in [0.1, 0.15) is 12.3 Å². The molecule has 2 heterocycles. The van der Waals surface area contributed by atoms with Crippen LogP contribution in [0.3, 0.4) is 0 Å². The lowest BCUT2D eigenvalue weighted by atomic mass is 10.0. The van der Waals surface area contributed by atoms with Crippen LogP contribution in [0.5, 0.6) is 5.75 Å². The number of carbonyl (C=O) groups is 3. The Kier molecular flexibility index (Phi) is 7.06.